The molecule has 1 aromatic heterocycles. The van der Waals surface area contributed by atoms with Crippen LogP contribution in [0.4, 0.5) is 16.5 Å². The number of ketones is 1. The molecule has 6 rings (SSSR count). The molecule has 0 spiro atoms. The van der Waals surface area contributed by atoms with Crippen LogP contribution in [0.3, 0.4) is 0 Å². The van der Waals surface area contributed by atoms with Gasteiger partial charge >= 0.3 is 5.91 Å². The normalized spacial score (nSPS) is 18.6. The summed E-state index contributed by atoms with van der Waals surface area (Å²) in [5, 5.41) is 12.1. The van der Waals surface area contributed by atoms with E-state index in [0.717, 1.165) is 42.2 Å². The van der Waals surface area contributed by atoms with Gasteiger partial charge in [-0.05, 0) is 60.9 Å². The van der Waals surface area contributed by atoms with E-state index in [-0.39, 0.29) is 25.6 Å². The summed E-state index contributed by atoms with van der Waals surface area (Å²) in [4.78, 5) is 34.8. The molecule has 1 amide bonds. The van der Waals surface area contributed by atoms with Gasteiger partial charge in [0.15, 0.2) is 5.13 Å². The molecule has 214 valence electrons. The van der Waals surface area contributed by atoms with Gasteiger partial charge in [-0.1, -0.05) is 53.3 Å². The number of aliphatic hydroxyl groups excluding tert-OH is 1. The minimum absolute atomic E-state index is 0.00676. The third kappa shape index (κ3) is 4.83. The van der Waals surface area contributed by atoms with E-state index in [1.54, 1.807) is 60.7 Å². The molecular weight excluding hydrogens is 596 g/mol. The number of benzene rings is 3. The number of nitrogen functional groups attached to an aromatic ring is 1. The number of thiazole rings is 1. The minimum atomic E-state index is -3.93. The summed E-state index contributed by atoms with van der Waals surface area (Å²) in [5.41, 5.74) is 7.90. The second-order valence-corrected chi connectivity index (χ2v) is 13.6. The molecule has 0 saturated carbocycles. The number of rotatable bonds is 6. The van der Waals surface area contributed by atoms with Crippen LogP contribution >= 0.6 is 22.9 Å². The Balaban J connectivity index is 1.52. The zero-order valence-corrected chi connectivity index (χ0v) is 24.5. The van der Waals surface area contributed by atoms with E-state index >= 15 is 0 Å². The predicted molar refractivity (Wildman–Crippen MR) is 163 cm³/mol. The Hall–Kier alpha value is -4.19. The van der Waals surface area contributed by atoms with Crippen LogP contribution in [0, 0.1) is 0 Å². The highest BCUT2D eigenvalue weighted by atomic mass is 35.5. The van der Waals surface area contributed by atoms with Gasteiger partial charge < -0.3 is 15.7 Å². The van der Waals surface area contributed by atoms with Gasteiger partial charge in [-0.15, -0.1) is 0 Å². The Morgan fingerprint density at radius 1 is 1.00 bits per heavy atom. The van der Waals surface area contributed by atoms with Gasteiger partial charge in [-0.2, -0.15) is 0 Å². The van der Waals surface area contributed by atoms with Crippen molar-refractivity contribution in [1.29, 1.82) is 0 Å². The van der Waals surface area contributed by atoms with E-state index in [2.05, 4.69) is 9.88 Å². The lowest BCUT2D eigenvalue weighted by Gasteiger charge is -2.25. The second kappa shape index (κ2) is 10.9. The monoisotopic (exact) mass is 620 g/mol. The van der Waals surface area contributed by atoms with Crippen molar-refractivity contribution in [2.24, 2.45) is 0 Å². The molecule has 2 aliphatic heterocycles. The molecule has 3 aromatic carbocycles. The third-order valence-corrected chi connectivity index (χ3v) is 10.8. The number of carbonyl (C=O) groups excluding carboxylic acids is 2. The number of halogens is 1. The molecule has 42 heavy (non-hydrogen) atoms. The topological polar surface area (TPSA) is 134 Å². The smallest absolute Gasteiger partial charge is 0.301 e. The van der Waals surface area contributed by atoms with Gasteiger partial charge in [-0.25, -0.2) is 13.4 Å². The number of hydrogen-bond acceptors (Lipinski definition) is 9. The van der Waals surface area contributed by atoms with Crippen molar-refractivity contribution in [3.05, 3.63) is 101 Å². The highest BCUT2D eigenvalue weighted by Crippen LogP contribution is 2.46. The van der Waals surface area contributed by atoms with Crippen molar-refractivity contribution in [3.8, 4) is 0 Å². The summed E-state index contributed by atoms with van der Waals surface area (Å²) in [7, 11) is -3.93. The molecule has 2 aliphatic rings. The van der Waals surface area contributed by atoms with Gasteiger partial charge in [0.05, 0.1) is 22.7 Å². The number of nitrogens with two attached hydrogens (primary N) is 1. The average molecular weight is 621 g/mol. The fourth-order valence-corrected chi connectivity index (χ4v) is 8.10. The van der Waals surface area contributed by atoms with Gasteiger partial charge in [-0.3, -0.25) is 14.5 Å². The summed E-state index contributed by atoms with van der Waals surface area (Å²) >= 11 is 7.08. The number of amides is 1. The largest absolute Gasteiger partial charge is 0.507 e. The van der Waals surface area contributed by atoms with Crippen LogP contribution in [0.2, 0.25) is 5.02 Å². The molecule has 2 saturated heterocycles. The highest BCUT2D eigenvalue weighted by molar-refractivity contribution is 7.93. The van der Waals surface area contributed by atoms with Gasteiger partial charge in [0.2, 0.25) is 9.84 Å². The first kappa shape index (κ1) is 28.0. The van der Waals surface area contributed by atoms with Crippen molar-refractivity contribution in [2.45, 2.75) is 28.0 Å². The molecule has 3 N–H and O–H groups in total. The number of anilines is 3. The second-order valence-electron chi connectivity index (χ2n) is 9.97. The number of nitrogens with zero attached hydrogens (tertiary/aromatic N) is 3. The number of aromatic nitrogens is 1. The molecule has 1 atom stereocenters. The SMILES string of the molecule is Nc1ccc(/C(O)=C2\C(=O)C(=O)N(c3ncc(S(=O)(=O)c4ccccc4)s3)C2c2cccc(Cl)c2)c(N2CCCC2)c1. The van der Waals surface area contributed by atoms with Crippen molar-refractivity contribution in [3.63, 3.8) is 0 Å². The van der Waals surface area contributed by atoms with E-state index in [1.165, 1.54) is 18.3 Å². The summed E-state index contributed by atoms with van der Waals surface area (Å²) < 4.78 is 26.4. The number of Topliss-reactive ketones (excluding diaryl/α,β-unsaturated/α-hetero) is 1. The Labute approximate surface area is 251 Å². The molecular formula is C30H25ClN4O5S2. The van der Waals surface area contributed by atoms with Crippen LogP contribution in [-0.4, -0.2) is 43.3 Å². The fraction of sp³-hybridized carbons (Fsp3) is 0.167. The molecule has 0 radical (unpaired) electrons. The van der Waals surface area contributed by atoms with Crippen LogP contribution in [-0.2, 0) is 19.4 Å². The van der Waals surface area contributed by atoms with Gasteiger partial charge in [0.1, 0.15) is 9.97 Å². The lowest BCUT2D eigenvalue weighted by molar-refractivity contribution is -0.132. The number of sulfone groups is 1. The van der Waals surface area contributed by atoms with E-state index < -0.39 is 27.6 Å². The first-order chi connectivity index (χ1) is 20.2. The minimum Gasteiger partial charge on any atom is -0.507 e. The first-order valence-corrected chi connectivity index (χ1v) is 15.8. The van der Waals surface area contributed by atoms with Crippen molar-refractivity contribution in [1.82, 2.24) is 4.98 Å². The van der Waals surface area contributed by atoms with Crippen LogP contribution in [0.1, 0.15) is 30.0 Å². The zero-order valence-electron chi connectivity index (χ0n) is 22.1. The maximum Gasteiger partial charge on any atom is 0.301 e. The molecule has 0 bridgehead atoms. The maximum atomic E-state index is 13.7. The van der Waals surface area contributed by atoms with Crippen molar-refractivity contribution >= 4 is 66.7 Å². The lowest BCUT2D eigenvalue weighted by Crippen LogP contribution is -2.29. The van der Waals surface area contributed by atoms with Crippen LogP contribution in [0.25, 0.3) is 5.76 Å². The average Bonchev–Trinajstić information content (AvgIpc) is 3.74. The van der Waals surface area contributed by atoms with Crippen LogP contribution in [0.5, 0.6) is 0 Å². The Kier molecular flexibility index (Phi) is 7.25. The maximum absolute atomic E-state index is 13.7. The van der Waals surface area contributed by atoms with E-state index in [4.69, 9.17) is 17.3 Å². The summed E-state index contributed by atoms with van der Waals surface area (Å²) in [6.45, 7) is 1.52. The van der Waals surface area contributed by atoms with E-state index in [1.807, 2.05) is 0 Å². The molecule has 9 nitrogen and oxygen atoms in total. The van der Waals surface area contributed by atoms with Crippen molar-refractivity contribution in [2.75, 3.05) is 28.6 Å². The first-order valence-electron chi connectivity index (χ1n) is 13.1. The fourth-order valence-electron chi connectivity index (χ4n) is 5.34. The molecule has 0 aliphatic carbocycles. The van der Waals surface area contributed by atoms with Gasteiger partial charge in [0, 0.05) is 35.1 Å². The molecule has 12 heteroatoms. The predicted octanol–water partition coefficient (Wildman–Crippen LogP) is 5.44. The van der Waals surface area contributed by atoms with Gasteiger partial charge in [0.25, 0.3) is 5.78 Å². The highest BCUT2D eigenvalue weighted by Gasteiger charge is 2.48. The molecule has 2 fully saturated rings. The lowest BCUT2D eigenvalue weighted by atomic mass is 9.94. The van der Waals surface area contributed by atoms with E-state index in [9.17, 15) is 23.1 Å². The number of hydrogen-bond donors (Lipinski definition) is 2. The standard InChI is InChI=1S/C30H25ClN4O5S2/c31-19-8-6-7-18(15-19)26-25(27(36)22-12-11-20(32)16-23(22)34-13-4-5-14-34)28(37)29(38)35(26)30-33-17-24(41-30)42(39,40)21-9-2-1-3-10-21/h1-3,6-12,15-17,26,36H,4-5,13-14,32H2/b27-25+. The third-order valence-electron chi connectivity index (χ3n) is 7.33. The quantitative estimate of drug-likeness (QED) is 0.126. The Morgan fingerprint density at radius 3 is 2.45 bits per heavy atom. The van der Waals surface area contributed by atoms with Crippen molar-refractivity contribution < 1.29 is 23.1 Å². The number of aliphatic hydroxyl groups is 1. The number of carbonyl (C=O) groups is 2. The van der Waals surface area contributed by atoms with Crippen LogP contribution in [0.15, 0.2) is 93.7 Å². The molecule has 3 heterocycles. The van der Waals surface area contributed by atoms with E-state index in [0.29, 0.717) is 27.5 Å². The summed E-state index contributed by atoms with van der Waals surface area (Å²) in [6, 6.07) is 18.3. The summed E-state index contributed by atoms with van der Waals surface area (Å²) in [5.74, 6) is -2.24. The Morgan fingerprint density at radius 2 is 1.74 bits per heavy atom. The zero-order chi connectivity index (χ0) is 29.6. The van der Waals surface area contributed by atoms with Crippen LogP contribution < -0.4 is 15.5 Å². The Bertz CT molecular complexity index is 1850. The summed E-state index contributed by atoms with van der Waals surface area (Å²) in [6.07, 6.45) is 3.11. The molecule has 1 unspecified atom stereocenters. The molecule has 4 aromatic rings.